The van der Waals surface area contributed by atoms with E-state index < -0.39 is 5.60 Å². The van der Waals surface area contributed by atoms with E-state index in [0.717, 1.165) is 38.0 Å². The second kappa shape index (κ2) is 7.59. The highest BCUT2D eigenvalue weighted by Crippen LogP contribution is 2.63. The fraction of sp³-hybridized carbons (Fsp3) is 0.760. The molecule has 5 nitrogen and oxygen atoms in total. The third kappa shape index (κ3) is 3.29. The van der Waals surface area contributed by atoms with Crippen molar-refractivity contribution < 1.29 is 14.6 Å². The Labute approximate surface area is 179 Å². The number of ketones is 1. The van der Waals surface area contributed by atoms with Crippen LogP contribution in [0.5, 0.6) is 0 Å². The maximum Gasteiger partial charge on any atom is 0.156 e. The smallest absolute Gasteiger partial charge is 0.156 e. The molecule has 5 heteroatoms. The number of aromatic nitrogens is 2. The van der Waals surface area contributed by atoms with Gasteiger partial charge in [-0.25, -0.2) is 4.98 Å². The molecule has 0 bridgehead atoms. The maximum atomic E-state index is 13.2. The number of aliphatic hydroxyl groups is 1. The van der Waals surface area contributed by atoms with Crippen LogP contribution in [0, 0.1) is 35.0 Å². The molecule has 0 radical (unpaired) electrons. The summed E-state index contributed by atoms with van der Waals surface area (Å²) in [5.41, 5.74) is 0.956. The van der Waals surface area contributed by atoms with Gasteiger partial charge in [-0.3, -0.25) is 4.79 Å². The number of imidazole rings is 1. The lowest BCUT2D eigenvalue weighted by Gasteiger charge is -2.54. The van der Waals surface area contributed by atoms with Gasteiger partial charge >= 0.3 is 0 Å². The van der Waals surface area contributed by atoms with Crippen molar-refractivity contribution in [1.82, 2.24) is 9.55 Å². The molecule has 0 amide bonds. The quantitative estimate of drug-likeness (QED) is 0.742. The van der Waals surface area contributed by atoms with Gasteiger partial charge in [-0.05, 0) is 80.5 Å². The molecule has 30 heavy (non-hydrogen) atoms. The summed E-state index contributed by atoms with van der Waals surface area (Å²) < 4.78 is 7.22. The predicted molar refractivity (Wildman–Crippen MR) is 115 cm³/mol. The van der Waals surface area contributed by atoms with Crippen molar-refractivity contribution in [2.24, 2.45) is 35.0 Å². The van der Waals surface area contributed by atoms with Crippen LogP contribution in [0.2, 0.25) is 0 Å². The Hall–Kier alpha value is -1.46. The van der Waals surface area contributed by atoms with E-state index in [1.807, 2.05) is 10.8 Å². The van der Waals surface area contributed by atoms with Crippen molar-refractivity contribution in [1.29, 1.82) is 0 Å². The zero-order valence-corrected chi connectivity index (χ0v) is 18.4. The molecule has 5 rings (SSSR count). The highest BCUT2D eigenvalue weighted by Gasteiger charge is 2.57. The van der Waals surface area contributed by atoms with Crippen LogP contribution < -0.4 is 0 Å². The second-order valence-corrected chi connectivity index (χ2v) is 10.8. The second-order valence-electron chi connectivity index (χ2n) is 10.8. The number of hydrogen-bond donors (Lipinski definition) is 1. The summed E-state index contributed by atoms with van der Waals surface area (Å²) in [6, 6.07) is 0. The van der Waals surface area contributed by atoms with Crippen LogP contribution in [-0.2, 0) is 16.1 Å². The minimum atomic E-state index is -0.675. The average molecular weight is 413 g/mol. The van der Waals surface area contributed by atoms with Crippen molar-refractivity contribution in [2.45, 2.75) is 70.4 Å². The molecule has 1 N–H and O–H groups in total. The standard InChI is InChI=1S/C25H36N2O3/c1-24-9-7-19-18-8-10-25(29,15-30-2)13-17(18)3-4-20(19)21(24)5-6-22(24)23(28)14-27-12-11-26-16-27/h3,11-12,16,18-22,29H,4-10,13-15H2,1-2H3/t18-,19+,20+,21-,22+,24-,25-/m0/s1. The number of methoxy groups -OCH3 is 1. The molecule has 164 valence electrons. The van der Waals surface area contributed by atoms with E-state index in [0.29, 0.717) is 36.7 Å². The summed E-state index contributed by atoms with van der Waals surface area (Å²) in [5, 5.41) is 10.9. The van der Waals surface area contributed by atoms with Crippen molar-refractivity contribution in [3.05, 3.63) is 30.4 Å². The molecule has 1 aromatic rings. The van der Waals surface area contributed by atoms with Gasteiger partial charge in [0.15, 0.2) is 5.78 Å². The van der Waals surface area contributed by atoms with E-state index in [1.54, 1.807) is 19.6 Å². The Bertz CT molecular complexity index is 818. The van der Waals surface area contributed by atoms with Gasteiger partial charge in [-0.1, -0.05) is 18.6 Å². The number of fused-ring (bicyclic) bond motifs is 5. The molecule has 0 aromatic carbocycles. The van der Waals surface area contributed by atoms with Gasteiger partial charge in [-0.2, -0.15) is 0 Å². The molecule has 7 atom stereocenters. The van der Waals surface area contributed by atoms with Crippen molar-refractivity contribution in [3.8, 4) is 0 Å². The van der Waals surface area contributed by atoms with E-state index in [2.05, 4.69) is 18.0 Å². The monoisotopic (exact) mass is 412 g/mol. The average Bonchev–Trinajstić information content (AvgIpc) is 3.34. The first-order valence-corrected chi connectivity index (χ1v) is 11.8. The first-order valence-electron chi connectivity index (χ1n) is 11.8. The van der Waals surface area contributed by atoms with Gasteiger partial charge in [0.25, 0.3) is 0 Å². The molecule has 0 saturated heterocycles. The molecular weight excluding hydrogens is 376 g/mol. The molecule has 1 aromatic heterocycles. The Morgan fingerprint density at radius 1 is 1.27 bits per heavy atom. The van der Waals surface area contributed by atoms with Crippen molar-refractivity contribution in [3.63, 3.8) is 0 Å². The highest BCUT2D eigenvalue weighted by molar-refractivity contribution is 5.82. The van der Waals surface area contributed by atoms with Gasteiger partial charge in [0.2, 0.25) is 0 Å². The van der Waals surface area contributed by atoms with Gasteiger partial charge in [0.05, 0.1) is 25.1 Å². The molecule has 0 aliphatic heterocycles. The molecule has 3 saturated carbocycles. The number of carbonyl (C=O) groups excluding carboxylic acids is 1. The summed E-state index contributed by atoms with van der Waals surface area (Å²) in [4.78, 5) is 17.3. The number of ether oxygens (including phenoxy) is 1. The summed E-state index contributed by atoms with van der Waals surface area (Å²) in [7, 11) is 1.68. The normalized spacial score (nSPS) is 42.8. The van der Waals surface area contributed by atoms with Crippen LogP contribution in [0.4, 0.5) is 0 Å². The number of allylic oxidation sites excluding steroid dienone is 1. The minimum absolute atomic E-state index is 0.148. The topological polar surface area (TPSA) is 64.3 Å². The third-order valence-corrected chi connectivity index (χ3v) is 9.29. The SMILES string of the molecule is COC[C@]1(O)CC[C@H]2C(=CC[C@@H]3[C@@H]2CC[C@]2(C)[C@@H](C(=O)Cn4ccnc4)CC[C@@H]32)C1. The fourth-order valence-electron chi connectivity index (χ4n) is 7.96. The summed E-state index contributed by atoms with van der Waals surface area (Å²) >= 11 is 0. The van der Waals surface area contributed by atoms with Crippen LogP contribution in [0.25, 0.3) is 0 Å². The Morgan fingerprint density at radius 2 is 2.13 bits per heavy atom. The maximum absolute atomic E-state index is 13.2. The number of carbonyl (C=O) groups is 1. The molecule has 4 aliphatic rings. The van der Waals surface area contributed by atoms with Crippen molar-refractivity contribution >= 4 is 5.78 Å². The molecule has 0 spiro atoms. The van der Waals surface area contributed by atoms with E-state index in [4.69, 9.17) is 4.74 Å². The van der Waals surface area contributed by atoms with Crippen LogP contribution >= 0.6 is 0 Å². The zero-order chi connectivity index (χ0) is 20.9. The summed E-state index contributed by atoms with van der Waals surface area (Å²) in [6.07, 6.45) is 16.3. The minimum Gasteiger partial charge on any atom is -0.387 e. The van der Waals surface area contributed by atoms with Crippen LogP contribution in [0.1, 0.15) is 58.3 Å². The first kappa shape index (κ1) is 20.4. The number of nitrogens with zero attached hydrogens (tertiary/aromatic N) is 2. The van der Waals surface area contributed by atoms with Crippen molar-refractivity contribution in [2.75, 3.05) is 13.7 Å². The van der Waals surface area contributed by atoms with Crippen LogP contribution in [0.15, 0.2) is 30.4 Å². The first-order chi connectivity index (χ1) is 14.4. The van der Waals surface area contributed by atoms with E-state index in [1.165, 1.54) is 24.8 Å². The molecule has 1 heterocycles. The summed E-state index contributed by atoms with van der Waals surface area (Å²) in [6.45, 7) is 3.31. The van der Waals surface area contributed by atoms with Crippen LogP contribution in [-0.4, -0.2) is 39.8 Å². The van der Waals surface area contributed by atoms with E-state index in [9.17, 15) is 9.90 Å². The largest absolute Gasteiger partial charge is 0.387 e. The number of rotatable bonds is 5. The molecule has 0 unspecified atom stereocenters. The fourth-order valence-corrected chi connectivity index (χ4v) is 7.96. The number of Topliss-reactive ketones (excluding diaryl/α,β-unsaturated/α-hetero) is 1. The van der Waals surface area contributed by atoms with Gasteiger partial charge in [-0.15, -0.1) is 0 Å². The molecular formula is C25H36N2O3. The molecule has 3 fully saturated rings. The lowest BCUT2D eigenvalue weighted by molar-refractivity contribution is -0.129. The lowest BCUT2D eigenvalue weighted by Crippen LogP contribution is -2.49. The third-order valence-electron chi connectivity index (χ3n) is 9.29. The lowest BCUT2D eigenvalue weighted by atomic mass is 9.51. The molecule has 4 aliphatic carbocycles. The number of hydrogen-bond acceptors (Lipinski definition) is 4. The van der Waals surface area contributed by atoms with E-state index in [-0.39, 0.29) is 11.3 Å². The van der Waals surface area contributed by atoms with Gasteiger partial charge in [0.1, 0.15) is 0 Å². The predicted octanol–water partition coefficient (Wildman–Crippen LogP) is 4.02. The van der Waals surface area contributed by atoms with E-state index >= 15 is 0 Å². The van der Waals surface area contributed by atoms with Gasteiger partial charge in [0, 0.05) is 25.4 Å². The van der Waals surface area contributed by atoms with Crippen LogP contribution in [0.3, 0.4) is 0 Å². The highest BCUT2D eigenvalue weighted by atomic mass is 16.5. The Kier molecular flexibility index (Phi) is 5.18. The zero-order valence-electron chi connectivity index (χ0n) is 18.4. The Balaban J connectivity index is 1.33. The Morgan fingerprint density at radius 3 is 2.90 bits per heavy atom. The van der Waals surface area contributed by atoms with Gasteiger partial charge < -0.3 is 14.4 Å². The summed E-state index contributed by atoms with van der Waals surface area (Å²) in [5.74, 6) is 3.31.